The van der Waals surface area contributed by atoms with Crippen LogP contribution in [0.15, 0.2) is 60.7 Å². The molecule has 26 heavy (non-hydrogen) atoms. The number of carbonyl (C=O) groups is 2. The Labute approximate surface area is 156 Å². The maximum atomic E-state index is 13.0. The summed E-state index contributed by atoms with van der Waals surface area (Å²) in [5.74, 6) is 0.253. The molecule has 1 N–H and O–H groups in total. The third-order valence-corrected chi connectivity index (χ3v) is 4.30. The smallest absolute Gasteiger partial charge is 0.247 e. The second kappa shape index (κ2) is 9.76. The summed E-state index contributed by atoms with van der Waals surface area (Å²) >= 11 is 0. The maximum absolute atomic E-state index is 13.0. The van der Waals surface area contributed by atoms with Gasteiger partial charge in [0.2, 0.25) is 11.8 Å². The quantitative estimate of drug-likeness (QED) is 0.782. The largest absolute Gasteiger partial charge is 0.354 e. The van der Waals surface area contributed by atoms with Crippen LogP contribution in [0.1, 0.15) is 44.4 Å². The molecule has 0 heterocycles. The fourth-order valence-electron chi connectivity index (χ4n) is 2.85. The van der Waals surface area contributed by atoms with E-state index in [4.69, 9.17) is 0 Å². The Morgan fingerprint density at radius 2 is 1.54 bits per heavy atom. The molecule has 4 heteroatoms. The van der Waals surface area contributed by atoms with Crippen LogP contribution in [0.25, 0.3) is 0 Å². The number of amides is 2. The molecule has 2 aromatic rings. The molecule has 1 atom stereocenters. The van der Waals surface area contributed by atoms with Gasteiger partial charge in [-0.3, -0.25) is 9.59 Å². The normalized spacial score (nSPS) is 11.8. The van der Waals surface area contributed by atoms with Crippen molar-refractivity contribution in [2.75, 3.05) is 6.54 Å². The summed E-state index contributed by atoms with van der Waals surface area (Å²) in [6.07, 6.45) is 0.909. The first-order chi connectivity index (χ1) is 12.5. The van der Waals surface area contributed by atoms with Crippen LogP contribution in [0.4, 0.5) is 0 Å². The van der Waals surface area contributed by atoms with Crippen molar-refractivity contribution in [3.05, 3.63) is 71.8 Å². The average Bonchev–Trinajstić information content (AvgIpc) is 2.62. The molecule has 2 rings (SSSR count). The topological polar surface area (TPSA) is 49.4 Å². The van der Waals surface area contributed by atoms with Crippen LogP contribution < -0.4 is 5.32 Å². The summed E-state index contributed by atoms with van der Waals surface area (Å²) in [4.78, 5) is 27.0. The van der Waals surface area contributed by atoms with Crippen molar-refractivity contribution in [3.63, 3.8) is 0 Å². The highest BCUT2D eigenvalue weighted by molar-refractivity contribution is 5.88. The molecule has 0 spiro atoms. The van der Waals surface area contributed by atoms with Gasteiger partial charge in [0.25, 0.3) is 0 Å². The van der Waals surface area contributed by atoms with E-state index < -0.39 is 6.04 Å². The van der Waals surface area contributed by atoms with Gasteiger partial charge in [-0.15, -0.1) is 0 Å². The SMILES string of the molecule is CC(=O)N(Cc1ccccc1)[C@H](C(=O)NCCC(C)C)c1ccccc1. The van der Waals surface area contributed by atoms with Crippen LogP contribution in [0.3, 0.4) is 0 Å². The lowest BCUT2D eigenvalue weighted by molar-refractivity contribution is -0.140. The van der Waals surface area contributed by atoms with Gasteiger partial charge in [0.1, 0.15) is 6.04 Å². The van der Waals surface area contributed by atoms with E-state index in [0.717, 1.165) is 17.5 Å². The number of nitrogens with zero attached hydrogens (tertiary/aromatic N) is 1. The van der Waals surface area contributed by atoms with Gasteiger partial charge in [0.05, 0.1) is 0 Å². The summed E-state index contributed by atoms with van der Waals surface area (Å²) in [5, 5.41) is 3.00. The Bertz CT molecular complexity index is 699. The monoisotopic (exact) mass is 352 g/mol. The van der Waals surface area contributed by atoms with Crippen molar-refractivity contribution in [1.82, 2.24) is 10.2 Å². The summed E-state index contributed by atoms with van der Waals surface area (Å²) in [7, 11) is 0. The fourth-order valence-corrected chi connectivity index (χ4v) is 2.85. The third-order valence-electron chi connectivity index (χ3n) is 4.30. The highest BCUT2D eigenvalue weighted by Gasteiger charge is 2.29. The molecule has 0 radical (unpaired) electrons. The first kappa shape index (κ1) is 19.7. The van der Waals surface area contributed by atoms with Gasteiger partial charge in [0.15, 0.2) is 0 Å². The van der Waals surface area contributed by atoms with Crippen molar-refractivity contribution in [2.45, 2.75) is 39.8 Å². The minimum atomic E-state index is -0.638. The van der Waals surface area contributed by atoms with E-state index in [-0.39, 0.29) is 11.8 Å². The minimum Gasteiger partial charge on any atom is -0.354 e. The lowest BCUT2D eigenvalue weighted by atomic mass is 10.0. The van der Waals surface area contributed by atoms with E-state index in [1.54, 1.807) is 4.90 Å². The van der Waals surface area contributed by atoms with Gasteiger partial charge in [-0.1, -0.05) is 74.5 Å². The van der Waals surface area contributed by atoms with Gasteiger partial charge in [-0.05, 0) is 23.5 Å². The molecule has 0 saturated heterocycles. The summed E-state index contributed by atoms with van der Waals surface area (Å²) in [6, 6.07) is 18.6. The van der Waals surface area contributed by atoms with Crippen molar-refractivity contribution >= 4 is 11.8 Å². The van der Waals surface area contributed by atoms with E-state index in [1.807, 2.05) is 60.7 Å². The highest BCUT2D eigenvalue weighted by Crippen LogP contribution is 2.23. The predicted molar refractivity (Wildman–Crippen MR) is 104 cm³/mol. The Kier molecular flexibility index (Phi) is 7.39. The number of hydrogen-bond donors (Lipinski definition) is 1. The summed E-state index contributed by atoms with van der Waals surface area (Å²) in [5.41, 5.74) is 1.82. The maximum Gasteiger partial charge on any atom is 0.247 e. The average molecular weight is 352 g/mol. The zero-order valence-electron chi connectivity index (χ0n) is 15.8. The van der Waals surface area contributed by atoms with E-state index in [9.17, 15) is 9.59 Å². The van der Waals surface area contributed by atoms with Gasteiger partial charge in [-0.25, -0.2) is 0 Å². The van der Waals surface area contributed by atoms with Crippen molar-refractivity contribution in [3.8, 4) is 0 Å². The lowest BCUT2D eigenvalue weighted by Gasteiger charge is -2.30. The predicted octanol–water partition coefficient (Wildman–Crippen LogP) is 3.94. The van der Waals surface area contributed by atoms with E-state index >= 15 is 0 Å². The molecule has 2 amide bonds. The Morgan fingerprint density at radius 3 is 2.08 bits per heavy atom. The molecule has 2 aromatic carbocycles. The van der Waals surface area contributed by atoms with E-state index in [1.165, 1.54) is 6.92 Å². The van der Waals surface area contributed by atoms with Crippen LogP contribution in [-0.2, 0) is 16.1 Å². The molecule has 0 aromatic heterocycles. The molecular weight excluding hydrogens is 324 g/mol. The first-order valence-corrected chi connectivity index (χ1v) is 9.13. The Hall–Kier alpha value is -2.62. The Morgan fingerprint density at radius 1 is 0.962 bits per heavy atom. The molecule has 0 fully saturated rings. The number of benzene rings is 2. The number of nitrogens with one attached hydrogen (secondary N) is 1. The molecule has 0 unspecified atom stereocenters. The molecule has 0 bridgehead atoms. The zero-order valence-corrected chi connectivity index (χ0v) is 15.8. The number of hydrogen-bond acceptors (Lipinski definition) is 2. The van der Waals surface area contributed by atoms with Gasteiger partial charge >= 0.3 is 0 Å². The summed E-state index contributed by atoms with van der Waals surface area (Å²) in [6.45, 7) is 6.76. The van der Waals surface area contributed by atoms with Crippen LogP contribution in [0.5, 0.6) is 0 Å². The summed E-state index contributed by atoms with van der Waals surface area (Å²) < 4.78 is 0. The van der Waals surface area contributed by atoms with Crippen molar-refractivity contribution in [1.29, 1.82) is 0 Å². The molecule has 0 aliphatic rings. The van der Waals surface area contributed by atoms with Gasteiger partial charge < -0.3 is 10.2 Å². The number of rotatable bonds is 8. The minimum absolute atomic E-state index is 0.123. The molecule has 4 nitrogen and oxygen atoms in total. The molecule has 138 valence electrons. The highest BCUT2D eigenvalue weighted by atomic mass is 16.2. The van der Waals surface area contributed by atoms with Crippen LogP contribution in [0.2, 0.25) is 0 Å². The molecular formula is C22H28N2O2. The number of carbonyl (C=O) groups excluding carboxylic acids is 2. The van der Waals surface area contributed by atoms with Crippen LogP contribution in [-0.4, -0.2) is 23.3 Å². The standard InChI is InChI=1S/C22H28N2O2/c1-17(2)14-15-23-22(26)21(20-12-8-5-9-13-20)24(18(3)25)16-19-10-6-4-7-11-19/h4-13,17,21H,14-16H2,1-3H3,(H,23,26)/t21-/m0/s1. The molecule has 0 saturated carbocycles. The molecule has 0 aliphatic heterocycles. The van der Waals surface area contributed by atoms with Crippen LogP contribution >= 0.6 is 0 Å². The molecule has 0 aliphatic carbocycles. The van der Waals surface area contributed by atoms with Crippen molar-refractivity contribution in [2.24, 2.45) is 5.92 Å². The van der Waals surface area contributed by atoms with Crippen molar-refractivity contribution < 1.29 is 9.59 Å². The van der Waals surface area contributed by atoms with E-state index in [0.29, 0.717) is 19.0 Å². The fraction of sp³-hybridized carbons (Fsp3) is 0.364. The lowest BCUT2D eigenvalue weighted by Crippen LogP contribution is -2.43. The first-order valence-electron chi connectivity index (χ1n) is 9.13. The van der Waals surface area contributed by atoms with E-state index in [2.05, 4.69) is 19.2 Å². The zero-order chi connectivity index (χ0) is 18.9. The third kappa shape index (κ3) is 5.73. The van der Waals surface area contributed by atoms with Gasteiger partial charge in [0, 0.05) is 20.0 Å². The second-order valence-electron chi connectivity index (χ2n) is 6.92. The second-order valence-corrected chi connectivity index (χ2v) is 6.92. The van der Waals surface area contributed by atoms with Crippen LogP contribution in [0, 0.1) is 5.92 Å². The Balaban J connectivity index is 2.27. The van der Waals surface area contributed by atoms with Gasteiger partial charge in [-0.2, -0.15) is 0 Å².